The van der Waals surface area contributed by atoms with Crippen molar-refractivity contribution in [2.24, 2.45) is 10.4 Å². The maximum atomic E-state index is 9.45. The number of rotatable bonds is 3. The molecule has 0 N–H and O–H groups in total. The quantitative estimate of drug-likeness (QED) is 0.497. The number of nitrogens with zero attached hydrogens (tertiary/aromatic N) is 2. The largest absolute Gasteiger partial charge is 0.151 e. The number of nitroso groups, excluding NO2 is 2. The molecule has 4 heteroatoms. The Bertz CT molecular complexity index is 73.3. The summed E-state index contributed by atoms with van der Waals surface area (Å²) in [5.74, 6) is 0. The molecular formula is C3H6N2O2. The lowest BCUT2D eigenvalue weighted by atomic mass is 10.4. The van der Waals surface area contributed by atoms with Gasteiger partial charge in [-0.15, -0.1) is 0 Å². The van der Waals surface area contributed by atoms with Gasteiger partial charge in [0.05, 0.1) is 0 Å². The van der Waals surface area contributed by atoms with Crippen LogP contribution in [0.25, 0.3) is 0 Å². The summed E-state index contributed by atoms with van der Waals surface area (Å²) >= 11 is 0. The van der Waals surface area contributed by atoms with Gasteiger partial charge in [0.15, 0.2) is 0 Å². The predicted octanol–water partition coefficient (Wildman–Crippen LogP) is 0.908. The lowest BCUT2D eigenvalue weighted by Crippen LogP contribution is -1.99. The number of hydrogen-bond acceptors (Lipinski definition) is 4. The molecule has 0 saturated heterocycles. The molecule has 7 heavy (non-hydrogen) atoms. The average Bonchev–Trinajstić information content (AvgIpc) is 1.68. The zero-order chi connectivity index (χ0) is 5.70. The first-order valence-electron chi connectivity index (χ1n) is 1.93. The second-order valence-corrected chi connectivity index (χ2v) is 1.27. The Kier molecular flexibility index (Phi) is 3.00. The summed E-state index contributed by atoms with van der Waals surface area (Å²) in [5.41, 5.74) is 0. The predicted molar refractivity (Wildman–Crippen MR) is 25.9 cm³/mol. The molecule has 0 bridgehead atoms. The maximum absolute atomic E-state index is 9.45. The minimum atomic E-state index is -0.461. The van der Waals surface area contributed by atoms with Gasteiger partial charge in [0.2, 0.25) is 0 Å². The van der Waals surface area contributed by atoms with E-state index >= 15 is 0 Å². The van der Waals surface area contributed by atoms with Crippen molar-refractivity contribution >= 4 is 0 Å². The van der Waals surface area contributed by atoms with Gasteiger partial charge in [0, 0.05) is 0 Å². The lowest BCUT2D eigenvalue weighted by Gasteiger charge is -1.86. The van der Waals surface area contributed by atoms with Crippen molar-refractivity contribution in [1.82, 2.24) is 0 Å². The third-order valence-electron chi connectivity index (χ3n) is 0.519. The molecule has 0 aromatic heterocycles. The first-order chi connectivity index (χ1) is 3.31. The van der Waals surface area contributed by atoms with Crippen molar-refractivity contribution in [1.29, 1.82) is 0 Å². The van der Waals surface area contributed by atoms with Gasteiger partial charge < -0.3 is 0 Å². The van der Waals surface area contributed by atoms with Crippen LogP contribution < -0.4 is 0 Å². The summed E-state index contributed by atoms with van der Waals surface area (Å²) in [4.78, 5) is 18.8. The van der Waals surface area contributed by atoms with E-state index in [1.807, 2.05) is 0 Å². The molecule has 0 aromatic rings. The van der Waals surface area contributed by atoms with Crippen molar-refractivity contribution in [2.75, 3.05) is 6.54 Å². The first kappa shape index (κ1) is 6.20. The fraction of sp³-hybridized carbons (Fsp3) is 1.00. The van der Waals surface area contributed by atoms with Crippen LogP contribution in [0.2, 0.25) is 0 Å². The molecule has 0 aliphatic carbocycles. The second kappa shape index (κ2) is 3.39. The Hall–Kier alpha value is -0.800. The van der Waals surface area contributed by atoms with Crippen LogP contribution in [0, 0.1) is 9.81 Å². The second-order valence-electron chi connectivity index (χ2n) is 1.27. The van der Waals surface area contributed by atoms with E-state index in [1.54, 1.807) is 0 Å². The molecule has 0 fully saturated rings. The summed E-state index contributed by atoms with van der Waals surface area (Å²) in [6.45, 7) is 1.53. The third-order valence-corrected chi connectivity index (χ3v) is 0.519. The van der Waals surface area contributed by atoms with Crippen LogP contribution in [-0.2, 0) is 0 Å². The molecule has 40 valence electrons. The van der Waals surface area contributed by atoms with Crippen LogP contribution in [0.5, 0.6) is 0 Å². The molecule has 0 rings (SSSR count). The van der Waals surface area contributed by atoms with Crippen molar-refractivity contribution in [2.45, 2.75) is 13.0 Å². The Morgan fingerprint density at radius 1 is 1.57 bits per heavy atom. The highest BCUT2D eigenvalue weighted by Crippen LogP contribution is 1.85. The Labute approximate surface area is 40.9 Å². The van der Waals surface area contributed by atoms with Gasteiger partial charge in [0.1, 0.15) is 12.6 Å². The normalized spacial score (nSPS) is 12.7. The van der Waals surface area contributed by atoms with Crippen LogP contribution >= 0.6 is 0 Å². The van der Waals surface area contributed by atoms with Crippen LogP contribution in [0.4, 0.5) is 0 Å². The summed E-state index contributed by atoms with van der Waals surface area (Å²) in [6, 6.07) is -0.461. The fourth-order valence-electron chi connectivity index (χ4n) is 0.141. The fourth-order valence-corrected chi connectivity index (χ4v) is 0.141. The van der Waals surface area contributed by atoms with E-state index in [1.165, 1.54) is 6.92 Å². The van der Waals surface area contributed by atoms with Crippen molar-refractivity contribution < 1.29 is 0 Å². The van der Waals surface area contributed by atoms with Gasteiger partial charge in [0.25, 0.3) is 0 Å². The Morgan fingerprint density at radius 2 is 2.14 bits per heavy atom. The molecule has 4 nitrogen and oxygen atoms in total. The molecule has 0 aliphatic rings. The average molecular weight is 102 g/mol. The highest BCUT2D eigenvalue weighted by Gasteiger charge is 1.96. The van der Waals surface area contributed by atoms with Gasteiger partial charge in [-0.1, -0.05) is 10.4 Å². The molecule has 0 spiro atoms. The van der Waals surface area contributed by atoms with Crippen molar-refractivity contribution in [3.05, 3.63) is 9.81 Å². The molecule has 0 radical (unpaired) electrons. The lowest BCUT2D eigenvalue weighted by molar-refractivity contribution is 0.746. The summed E-state index contributed by atoms with van der Waals surface area (Å²) in [5, 5.41) is 5.00. The number of hydrogen-bond donors (Lipinski definition) is 0. The van der Waals surface area contributed by atoms with Crippen LogP contribution in [0.1, 0.15) is 6.92 Å². The van der Waals surface area contributed by atoms with Crippen LogP contribution in [0.15, 0.2) is 10.4 Å². The summed E-state index contributed by atoms with van der Waals surface area (Å²) in [6.07, 6.45) is 0. The highest BCUT2D eigenvalue weighted by atomic mass is 16.3. The molecule has 0 aromatic carbocycles. The first-order valence-corrected chi connectivity index (χ1v) is 1.93. The van der Waals surface area contributed by atoms with E-state index in [0.717, 1.165) is 0 Å². The maximum Gasteiger partial charge on any atom is 0.112 e. The van der Waals surface area contributed by atoms with E-state index in [2.05, 4.69) is 10.4 Å². The topological polar surface area (TPSA) is 58.9 Å². The van der Waals surface area contributed by atoms with E-state index in [-0.39, 0.29) is 6.54 Å². The minimum Gasteiger partial charge on any atom is -0.151 e. The summed E-state index contributed by atoms with van der Waals surface area (Å²) in [7, 11) is 0. The van der Waals surface area contributed by atoms with E-state index in [4.69, 9.17) is 0 Å². The molecular weight excluding hydrogens is 96.0 g/mol. The van der Waals surface area contributed by atoms with Gasteiger partial charge in [-0.05, 0) is 6.92 Å². The highest BCUT2D eigenvalue weighted by molar-refractivity contribution is 4.59. The van der Waals surface area contributed by atoms with Gasteiger partial charge in [-0.25, -0.2) is 0 Å². The smallest absolute Gasteiger partial charge is 0.112 e. The van der Waals surface area contributed by atoms with Gasteiger partial charge >= 0.3 is 0 Å². The zero-order valence-corrected chi connectivity index (χ0v) is 4.00. The standard InChI is InChI=1S/C3H6N2O2/c1-3(5-7)2-4-6/h3H,2H2,1H3. The Morgan fingerprint density at radius 3 is 2.29 bits per heavy atom. The van der Waals surface area contributed by atoms with Gasteiger partial charge in [-0.3, -0.25) is 0 Å². The third kappa shape index (κ3) is 3.02. The van der Waals surface area contributed by atoms with Crippen LogP contribution in [-0.4, -0.2) is 12.6 Å². The minimum absolute atomic E-state index is 0.0104. The molecule has 1 atom stereocenters. The SMILES string of the molecule is CC(CN=O)N=O. The van der Waals surface area contributed by atoms with Crippen molar-refractivity contribution in [3.63, 3.8) is 0 Å². The van der Waals surface area contributed by atoms with Gasteiger partial charge in [-0.2, -0.15) is 9.81 Å². The Balaban J connectivity index is 3.15. The van der Waals surface area contributed by atoms with Crippen LogP contribution in [0.3, 0.4) is 0 Å². The van der Waals surface area contributed by atoms with E-state index < -0.39 is 6.04 Å². The molecule has 0 aliphatic heterocycles. The summed E-state index contributed by atoms with van der Waals surface area (Å²) < 4.78 is 0. The zero-order valence-electron chi connectivity index (χ0n) is 4.00. The molecule has 0 heterocycles. The monoisotopic (exact) mass is 102 g/mol. The van der Waals surface area contributed by atoms with E-state index in [9.17, 15) is 9.81 Å². The molecule has 1 unspecified atom stereocenters. The van der Waals surface area contributed by atoms with Crippen molar-refractivity contribution in [3.8, 4) is 0 Å². The molecule has 0 saturated carbocycles. The molecule has 0 amide bonds. The van der Waals surface area contributed by atoms with E-state index in [0.29, 0.717) is 0 Å².